The Hall–Kier alpha value is -7.21. The molecule has 56 heavy (non-hydrogen) atoms. The summed E-state index contributed by atoms with van der Waals surface area (Å²) in [5, 5.41) is 4.86. The molecular weight excluding hydrogens is 701 g/mol. The van der Waals surface area contributed by atoms with E-state index in [2.05, 4.69) is 193 Å². The second-order valence-electron chi connectivity index (χ2n) is 13.9. The van der Waals surface area contributed by atoms with Gasteiger partial charge in [0, 0.05) is 58.9 Å². The van der Waals surface area contributed by atoms with Crippen molar-refractivity contribution in [3.63, 3.8) is 0 Å². The highest BCUT2D eigenvalue weighted by molar-refractivity contribution is 7.26. The second kappa shape index (κ2) is 13.3. The first kappa shape index (κ1) is 32.2. The van der Waals surface area contributed by atoms with E-state index < -0.39 is 0 Å². The van der Waals surface area contributed by atoms with Crippen LogP contribution in [0.5, 0.6) is 0 Å². The number of hydrogen-bond acceptors (Lipinski definition) is 4. The minimum atomic E-state index is 0.626. The summed E-state index contributed by atoms with van der Waals surface area (Å²) in [5.41, 5.74) is 10.7. The van der Waals surface area contributed by atoms with Crippen molar-refractivity contribution in [3.05, 3.63) is 194 Å². The molecule has 0 atom stereocenters. The molecule has 3 heterocycles. The SMILES string of the molecule is c1ccc(-c2ccccc2-c2nc(-c3ccccc3-c3cccc4c5ccccc5n(-c5ccccc5)c34)nc(-c3cccc4c3sc3ccccc34)n2)cc1. The number of benzene rings is 8. The fraction of sp³-hybridized carbons (Fsp3) is 0. The van der Waals surface area contributed by atoms with Crippen molar-refractivity contribution < 1.29 is 0 Å². The molecule has 0 spiro atoms. The van der Waals surface area contributed by atoms with Crippen LogP contribution < -0.4 is 0 Å². The Morgan fingerprint density at radius 2 is 0.839 bits per heavy atom. The topological polar surface area (TPSA) is 43.6 Å². The van der Waals surface area contributed by atoms with E-state index in [1.165, 1.54) is 30.9 Å². The monoisotopic (exact) mass is 732 g/mol. The van der Waals surface area contributed by atoms with E-state index in [1.54, 1.807) is 11.3 Å². The van der Waals surface area contributed by atoms with Crippen LogP contribution in [0.3, 0.4) is 0 Å². The number of thiophene rings is 1. The largest absolute Gasteiger partial charge is 0.309 e. The molecule has 0 radical (unpaired) electrons. The molecule has 0 saturated heterocycles. The van der Waals surface area contributed by atoms with Gasteiger partial charge in [-0.25, -0.2) is 15.0 Å². The quantitative estimate of drug-likeness (QED) is 0.171. The number of hydrogen-bond donors (Lipinski definition) is 0. The van der Waals surface area contributed by atoms with Crippen molar-refractivity contribution in [2.24, 2.45) is 0 Å². The van der Waals surface area contributed by atoms with Crippen LogP contribution in [-0.4, -0.2) is 19.5 Å². The fourth-order valence-corrected chi connectivity index (χ4v) is 9.41. The molecule has 8 aromatic carbocycles. The van der Waals surface area contributed by atoms with Crippen LogP contribution in [-0.2, 0) is 0 Å². The maximum absolute atomic E-state index is 5.39. The minimum Gasteiger partial charge on any atom is -0.309 e. The highest BCUT2D eigenvalue weighted by Crippen LogP contribution is 2.43. The van der Waals surface area contributed by atoms with E-state index in [9.17, 15) is 0 Å². The van der Waals surface area contributed by atoms with E-state index in [0.717, 1.165) is 55.7 Å². The van der Waals surface area contributed by atoms with E-state index in [-0.39, 0.29) is 0 Å². The van der Waals surface area contributed by atoms with Gasteiger partial charge in [0.15, 0.2) is 17.5 Å². The number of fused-ring (bicyclic) bond motifs is 6. The smallest absolute Gasteiger partial charge is 0.165 e. The van der Waals surface area contributed by atoms with Gasteiger partial charge in [-0.3, -0.25) is 0 Å². The van der Waals surface area contributed by atoms with E-state index in [4.69, 9.17) is 15.0 Å². The van der Waals surface area contributed by atoms with Gasteiger partial charge in [0.2, 0.25) is 0 Å². The zero-order valence-electron chi connectivity index (χ0n) is 30.2. The lowest BCUT2D eigenvalue weighted by Crippen LogP contribution is -2.02. The maximum atomic E-state index is 5.39. The van der Waals surface area contributed by atoms with Gasteiger partial charge in [-0.1, -0.05) is 164 Å². The number of nitrogens with zero attached hydrogens (tertiary/aromatic N) is 4. The van der Waals surface area contributed by atoms with Crippen LogP contribution >= 0.6 is 11.3 Å². The van der Waals surface area contributed by atoms with Crippen LogP contribution in [0.2, 0.25) is 0 Å². The highest BCUT2D eigenvalue weighted by atomic mass is 32.1. The van der Waals surface area contributed by atoms with Crippen LogP contribution in [0.15, 0.2) is 194 Å². The lowest BCUT2D eigenvalue weighted by molar-refractivity contribution is 1.08. The Bertz CT molecular complexity index is 3250. The third-order valence-electron chi connectivity index (χ3n) is 10.7. The van der Waals surface area contributed by atoms with E-state index >= 15 is 0 Å². The molecule has 0 aliphatic rings. The van der Waals surface area contributed by atoms with Gasteiger partial charge < -0.3 is 4.57 Å². The molecule has 5 heteroatoms. The van der Waals surface area contributed by atoms with Crippen LogP contribution in [0.1, 0.15) is 0 Å². The van der Waals surface area contributed by atoms with Crippen molar-refractivity contribution in [1.82, 2.24) is 19.5 Å². The highest BCUT2D eigenvalue weighted by Gasteiger charge is 2.22. The molecule has 262 valence electrons. The summed E-state index contributed by atoms with van der Waals surface area (Å²) < 4.78 is 4.80. The summed E-state index contributed by atoms with van der Waals surface area (Å²) >= 11 is 1.79. The average Bonchev–Trinajstić information content (AvgIpc) is 3.83. The Balaban J connectivity index is 1.20. The average molecular weight is 733 g/mol. The zero-order chi connectivity index (χ0) is 37.0. The van der Waals surface area contributed by atoms with E-state index in [1.807, 2.05) is 6.07 Å². The molecule has 0 aliphatic heterocycles. The standard InChI is InChI=1S/C51H32N4S/c1-3-17-33(18-4-1)35-21-7-9-25-42(35)49-52-50(54-51(53-49)44-30-16-29-41-38-24-12-14-32-46(38)56-48(41)44)43-26-10-8-22-36(43)39-27-15-28-40-37-23-11-13-31-45(37)55(47(39)40)34-19-5-2-6-20-34/h1-32H. The van der Waals surface area contributed by atoms with Crippen LogP contribution in [0.25, 0.3) is 104 Å². The third-order valence-corrected chi connectivity index (χ3v) is 11.9. The molecule has 0 bridgehead atoms. The summed E-state index contributed by atoms with van der Waals surface area (Å²) in [6.45, 7) is 0. The second-order valence-corrected chi connectivity index (χ2v) is 15.0. The summed E-state index contributed by atoms with van der Waals surface area (Å²) in [7, 11) is 0. The van der Waals surface area contributed by atoms with Crippen LogP contribution in [0, 0.1) is 0 Å². The Labute approximate surface area is 327 Å². The number of para-hydroxylation sites is 3. The molecule has 0 fully saturated rings. The molecule has 11 rings (SSSR count). The van der Waals surface area contributed by atoms with Crippen molar-refractivity contribution >= 4 is 53.3 Å². The van der Waals surface area contributed by atoms with Gasteiger partial charge in [0.1, 0.15) is 0 Å². The van der Waals surface area contributed by atoms with Gasteiger partial charge in [-0.2, -0.15) is 0 Å². The predicted molar refractivity (Wildman–Crippen MR) is 234 cm³/mol. The van der Waals surface area contributed by atoms with Crippen molar-refractivity contribution in [3.8, 4) is 62.1 Å². The lowest BCUT2D eigenvalue weighted by atomic mass is 9.96. The number of rotatable bonds is 6. The molecule has 3 aromatic heterocycles. The first-order chi connectivity index (χ1) is 27.8. The van der Waals surface area contributed by atoms with Crippen molar-refractivity contribution in [2.75, 3.05) is 0 Å². The summed E-state index contributed by atoms with van der Waals surface area (Å²) in [4.78, 5) is 16.1. The predicted octanol–water partition coefficient (Wildman–Crippen LogP) is 13.7. The first-order valence-electron chi connectivity index (χ1n) is 18.8. The van der Waals surface area contributed by atoms with Gasteiger partial charge in [0.05, 0.1) is 11.0 Å². The minimum absolute atomic E-state index is 0.626. The first-order valence-corrected chi connectivity index (χ1v) is 19.6. The maximum Gasteiger partial charge on any atom is 0.165 e. The Morgan fingerprint density at radius 3 is 1.59 bits per heavy atom. The van der Waals surface area contributed by atoms with Crippen molar-refractivity contribution in [2.45, 2.75) is 0 Å². The van der Waals surface area contributed by atoms with Crippen LogP contribution in [0.4, 0.5) is 0 Å². The molecule has 0 amide bonds. The molecule has 0 saturated carbocycles. The van der Waals surface area contributed by atoms with E-state index in [0.29, 0.717) is 17.5 Å². The molecule has 0 aliphatic carbocycles. The third kappa shape index (κ3) is 5.24. The van der Waals surface area contributed by atoms with Gasteiger partial charge in [-0.15, -0.1) is 11.3 Å². The Morgan fingerprint density at radius 1 is 0.339 bits per heavy atom. The number of aromatic nitrogens is 4. The van der Waals surface area contributed by atoms with Gasteiger partial charge in [-0.05, 0) is 47.0 Å². The Kier molecular flexibility index (Phi) is 7.64. The summed E-state index contributed by atoms with van der Waals surface area (Å²) in [6.07, 6.45) is 0. The molecular formula is C51H32N4S. The lowest BCUT2D eigenvalue weighted by Gasteiger charge is -2.16. The summed E-state index contributed by atoms with van der Waals surface area (Å²) in [6, 6.07) is 68.4. The normalized spacial score (nSPS) is 11.6. The molecule has 11 aromatic rings. The molecule has 0 N–H and O–H groups in total. The summed E-state index contributed by atoms with van der Waals surface area (Å²) in [5.74, 6) is 1.91. The zero-order valence-corrected chi connectivity index (χ0v) is 31.0. The van der Waals surface area contributed by atoms with Gasteiger partial charge in [0.25, 0.3) is 0 Å². The van der Waals surface area contributed by atoms with Crippen molar-refractivity contribution in [1.29, 1.82) is 0 Å². The molecule has 4 nitrogen and oxygen atoms in total. The fourth-order valence-electron chi connectivity index (χ4n) is 8.20. The molecule has 0 unspecified atom stereocenters. The van der Waals surface area contributed by atoms with Gasteiger partial charge >= 0.3 is 0 Å².